The third kappa shape index (κ3) is 1.31. The molecule has 2 aromatic rings. The van der Waals surface area contributed by atoms with Gasteiger partial charge in [-0.2, -0.15) is 0 Å². The molecule has 0 saturated heterocycles. The van der Waals surface area contributed by atoms with E-state index in [4.69, 9.17) is 0 Å². The smallest absolute Gasteiger partial charge is 0.201 e. The van der Waals surface area contributed by atoms with Gasteiger partial charge in [0.15, 0.2) is 6.29 Å². The number of pyridine rings is 1. The number of carbonyl (C=O) groups is 1. The zero-order valence-electron chi connectivity index (χ0n) is 6.66. The average molecular weight is 174 g/mol. The molecule has 0 N–H and O–H groups in total. The Morgan fingerprint density at radius 1 is 1.46 bits per heavy atom. The van der Waals surface area contributed by atoms with Gasteiger partial charge in [-0.15, -0.1) is 10.2 Å². The maximum absolute atomic E-state index is 10.5. The molecule has 0 atom stereocenters. The number of carbonyl (C=O) groups excluding carboxylic acids is 1. The molecule has 2 heterocycles. The lowest BCUT2D eigenvalue weighted by molar-refractivity contribution is 0.111. The van der Waals surface area contributed by atoms with Gasteiger partial charge in [0.25, 0.3) is 0 Å². The van der Waals surface area contributed by atoms with Crippen molar-refractivity contribution in [2.75, 3.05) is 0 Å². The predicted molar refractivity (Wildman–Crippen MR) is 44.5 cm³/mol. The first-order valence-electron chi connectivity index (χ1n) is 3.67. The lowest BCUT2D eigenvalue weighted by atomic mass is 10.4. The summed E-state index contributed by atoms with van der Waals surface area (Å²) in [5.74, 6) is 0.271. The van der Waals surface area contributed by atoms with Gasteiger partial charge in [0.2, 0.25) is 5.82 Å². The van der Waals surface area contributed by atoms with E-state index in [0.717, 1.165) is 5.69 Å². The summed E-state index contributed by atoms with van der Waals surface area (Å²) < 4.78 is 1.57. The van der Waals surface area contributed by atoms with Crippen LogP contribution in [0, 0.1) is 0 Å². The maximum Gasteiger partial charge on any atom is 0.201 e. The molecule has 0 fully saturated rings. The quantitative estimate of drug-likeness (QED) is 0.621. The van der Waals surface area contributed by atoms with Crippen LogP contribution in [0.3, 0.4) is 0 Å². The van der Waals surface area contributed by atoms with Crippen molar-refractivity contribution in [1.29, 1.82) is 0 Å². The van der Waals surface area contributed by atoms with Gasteiger partial charge >= 0.3 is 0 Å². The molecule has 0 aliphatic carbocycles. The van der Waals surface area contributed by atoms with Crippen molar-refractivity contribution in [3.8, 4) is 5.69 Å². The number of aldehydes is 1. The van der Waals surface area contributed by atoms with E-state index in [9.17, 15) is 4.79 Å². The molecule has 0 aliphatic rings. The summed E-state index contributed by atoms with van der Waals surface area (Å²) in [6, 6.07) is 3.60. The van der Waals surface area contributed by atoms with Crippen LogP contribution in [0.5, 0.6) is 0 Å². The Labute approximate surface area is 74.1 Å². The molecule has 0 bridgehead atoms. The van der Waals surface area contributed by atoms with Crippen LogP contribution in [0.15, 0.2) is 30.9 Å². The van der Waals surface area contributed by atoms with Crippen LogP contribution >= 0.6 is 0 Å². The van der Waals surface area contributed by atoms with E-state index in [1.165, 1.54) is 6.33 Å². The van der Waals surface area contributed by atoms with E-state index in [-0.39, 0.29) is 5.82 Å². The molecule has 13 heavy (non-hydrogen) atoms. The Morgan fingerprint density at radius 3 is 3.08 bits per heavy atom. The zero-order valence-corrected chi connectivity index (χ0v) is 6.66. The monoisotopic (exact) mass is 174 g/mol. The third-order valence-electron chi connectivity index (χ3n) is 1.60. The minimum Gasteiger partial charge on any atom is -0.294 e. The lowest BCUT2D eigenvalue weighted by Crippen LogP contribution is -1.98. The minimum absolute atomic E-state index is 0.271. The van der Waals surface area contributed by atoms with Gasteiger partial charge in [0.1, 0.15) is 6.33 Å². The first kappa shape index (κ1) is 7.60. The Balaban J connectivity index is 2.52. The summed E-state index contributed by atoms with van der Waals surface area (Å²) in [5, 5.41) is 7.25. The SMILES string of the molecule is O=Cc1nncn1-c1cccnc1. The van der Waals surface area contributed by atoms with Gasteiger partial charge in [0, 0.05) is 6.20 Å². The highest BCUT2D eigenvalue weighted by molar-refractivity contribution is 5.70. The van der Waals surface area contributed by atoms with Crippen molar-refractivity contribution >= 4 is 6.29 Å². The van der Waals surface area contributed by atoms with Gasteiger partial charge < -0.3 is 0 Å². The molecule has 5 nitrogen and oxygen atoms in total. The van der Waals surface area contributed by atoms with E-state index in [0.29, 0.717) is 6.29 Å². The molecule has 0 aromatic carbocycles. The molecule has 0 radical (unpaired) electrons. The van der Waals surface area contributed by atoms with E-state index in [1.807, 2.05) is 6.07 Å². The molecule has 64 valence electrons. The van der Waals surface area contributed by atoms with E-state index >= 15 is 0 Å². The fraction of sp³-hybridized carbons (Fsp3) is 0. The van der Waals surface area contributed by atoms with Crippen LogP contribution in [0.2, 0.25) is 0 Å². The Morgan fingerprint density at radius 2 is 2.38 bits per heavy atom. The van der Waals surface area contributed by atoms with Gasteiger partial charge in [-0.3, -0.25) is 14.3 Å². The zero-order chi connectivity index (χ0) is 9.10. The number of rotatable bonds is 2. The van der Waals surface area contributed by atoms with Crippen molar-refractivity contribution in [1.82, 2.24) is 19.7 Å². The van der Waals surface area contributed by atoms with Crippen LogP contribution in [-0.4, -0.2) is 26.0 Å². The van der Waals surface area contributed by atoms with Crippen molar-refractivity contribution < 1.29 is 4.79 Å². The number of hydrogen-bond acceptors (Lipinski definition) is 4. The number of hydrogen-bond donors (Lipinski definition) is 0. The second-order valence-electron chi connectivity index (χ2n) is 2.39. The topological polar surface area (TPSA) is 60.7 Å². The van der Waals surface area contributed by atoms with Crippen molar-refractivity contribution in [2.24, 2.45) is 0 Å². The van der Waals surface area contributed by atoms with Crippen LogP contribution < -0.4 is 0 Å². The highest BCUT2D eigenvalue weighted by Crippen LogP contribution is 2.05. The Kier molecular flexibility index (Phi) is 1.84. The Bertz CT molecular complexity index is 409. The van der Waals surface area contributed by atoms with Gasteiger partial charge in [-0.1, -0.05) is 0 Å². The molecule has 0 saturated carbocycles. The fourth-order valence-electron chi connectivity index (χ4n) is 1.02. The second kappa shape index (κ2) is 3.14. The normalized spacial score (nSPS) is 9.85. The Hall–Kier alpha value is -2.04. The van der Waals surface area contributed by atoms with E-state index in [2.05, 4.69) is 15.2 Å². The van der Waals surface area contributed by atoms with E-state index in [1.54, 1.807) is 23.0 Å². The molecule has 5 heteroatoms. The summed E-state index contributed by atoms with van der Waals surface area (Å²) in [4.78, 5) is 14.4. The minimum atomic E-state index is 0.271. The fourth-order valence-corrected chi connectivity index (χ4v) is 1.02. The standard InChI is InChI=1S/C8H6N4O/c13-5-8-11-10-6-12(8)7-2-1-3-9-4-7/h1-6H. The maximum atomic E-state index is 10.5. The summed E-state index contributed by atoms with van der Waals surface area (Å²) in [6.45, 7) is 0. The van der Waals surface area contributed by atoms with Crippen molar-refractivity contribution in [2.45, 2.75) is 0 Å². The number of aromatic nitrogens is 4. The average Bonchev–Trinajstić information content (AvgIpc) is 2.67. The lowest BCUT2D eigenvalue weighted by Gasteiger charge is -1.99. The van der Waals surface area contributed by atoms with Crippen LogP contribution in [-0.2, 0) is 0 Å². The summed E-state index contributed by atoms with van der Waals surface area (Å²) in [6.07, 6.45) is 5.42. The third-order valence-corrected chi connectivity index (χ3v) is 1.60. The molecule has 0 aliphatic heterocycles. The van der Waals surface area contributed by atoms with Gasteiger partial charge in [0.05, 0.1) is 11.9 Å². The first-order valence-corrected chi connectivity index (χ1v) is 3.67. The molecular formula is C8H6N4O. The molecule has 0 spiro atoms. The van der Waals surface area contributed by atoms with E-state index < -0.39 is 0 Å². The first-order chi connectivity index (χ1) is 6.42. The molecule has 0 unspecified atom stereocenters. The van der Waals surface area contributed by atoms with Crippen LogP contribution in [0.1, 0.15) is 10.6 Å². The summed E-state index contributed by atoms with van der Waals surface area (Å²) in [7, 11) is 0. The molecular weight excluding hydrogens is 168 g/mol. The molecule has 0 amide bonds. The van der Waals surface area contributed by atoms with Crippen molar-refractivity contribution in [3.05, 3.63) is 36.7 Å². The largest absolute Gasteiger partial charge is 0.294 e. The number of nitrogens with zero attached hydrogens (tertiary/aromatic N) is 4. The molecule has 2 rings (SSSR count). The van der Waals surface area contributed by atoms with Crippen LogP contribution in [0.4, 0.5) is 0 Å². The second-order valence-corrected chi connectivity index (χ2v) is 2.39. The highest BCUT2D eigenvalue weighted by atomic mass is 16.1. The van der Waals surface area contributed by atoms with Gasteiger partial charge in [-0.25, -0.2) is 0 Å². The van der Waals surface area contributed by atoms with Gasteiger partial charge in [-0.05, 0) is 12.1 Å². The molecule has 2 aromatic heterocycles. The predicted octanol–water partition coefficient (Wildman–Crippen LogP) is 0.475. The summed E-state index contributed by atoms with van der Waals surface area (Å²) in [5.41, 5.74) is 0.773. The summed E-state index contributed by atoms with van der Waals surface area (Å²) >= 11 is 0. The van der Waals surface area contributed by atoms with Crippen LogP contribution in [0.25, 0.3) is 5.69 Å². The van der Waals surface area contributed by atoms with Crippen molar-refractivity contribution in [3.63, 3.8) is 0 Å². The highest BCUT2D eigenvalue weighted by Gasteiger charge is 2.03.